The summed E-state index contributed by atoms with van der Waals surface area (Å²) in [6.45, 7) is 3.97. The van der Waals surface area contributed by atoms with Crippen LogP contribution in [0.15, 0.2) is 42.5 Å². The Kier molecular flexibility index (Phi) is 4.20. The highest BCUT2D eigenvalue weighted by atomic mass is 19.1. The molecule has 21 heavy (non-hydrogen) atoms. The molecule has 1 heterocycles. The minimum Gasteiger partial charge on any atom is -0.385 e. The summed E-state index contributed by atoms with van der Waals surface area (Å²) in [6, 6.07) is 13.4. The number of anilines is 1. The molecule has 2 aromatic carbocycles. The summed E-state index contributed by atoms with van der Waals surface area (Å²) in [4.78, 5) is 0. The third-order valence-electron chi connectivity index (χ3n) is 4.13. The summed E-state index contributed by atoms with van der Waals surface area (Å²) in [6.07, 6.45) is 2.36. The van der Waals surface area contributed by atoms with Gasteiger partial charge in [0, 0.05) is 24.8 Å². The van der Waals surface area contributed by atoms with Crippen LogP contribution in [-0.4, -0.2) is 6.54 Å². The second kappa shape index (κ2) is 6.27. The van der Waals surface area contributed by atoms with Crippen LogP contribution in [0.2, 0.25) is 0 Å². The fourth-order valence-electron chi connectivity index (χ4n) is 2.86. The molecule has 3 rings (SSSR count). The van der Waals surface area contributed by atoms with Crippen LogP contribution >= 0.6 is 0 Å². The van der Waals surface area contributed by atoms with Gasteiger partial charge >= 0.3 is 0 Å². The molecule has 2 nitrogen and oxygen atoms in total. The van der Waals surface area contributed by atoms with Gasteiger partial charge < -0.3 is 10.6 Å². The van der Waals surface area contributed by atoms with Gasteiger partial charge in [0.2, 0.25) is 0 Å². The van der Waals surface area contributed by atoms with Crippen LogP contribution in [0.25, 0.3) is 0 Å². The van der Waals surface area contributed by atoms with Gasteiger partial charge in [-0.2, -0.15) is 0 Å². The highest BCUT2D eigenvalue weighted by Crippen LogP contribution is 2.26. The second-order valence-electron chi connectivity index (χ2n) is 5.64. The lowest BCUT2D eigenvalue weighted by Gasteiger charge is -2.22. The first-order valence-electron chi connectivity index (χ1n) is 7.57. The van der Waals surface area contributed by atoms with Crippen molar-refractivity contribution in [3.63, 3.8) is 0 Å². The molecule has 0 saturated heterocycles. The Morgan fingerprint density at radius 3 is 2.81 bits per heavy atom. The summed E-state index contributed by atoms with van der Waals surface area (Å²) in [7, 11) is 0. The van der Waals surface area contributed by atoms with Gasteiger partial charge in [-0.25, -0.2) is 4.39 Å². The number of hydrogen-bond acceptors (Lipinski definition) is 2. The maximum atomic E-state index is 13.0. The van der Waals surface area contributed by atoms with E-state index in [1.807, 2.05) is 12.1 Å². The number of hydrogen-bond donors (Lipinski definition) is 2. The van der Waals surface area contributed by atoms with Gasteiger partial charge in [0.1, 0.15) is 5.82 Å². The highest BCUT2D eigenvalue weighted by Gasteiger charge is 2.13. The lowest BCUT2D eigenvalue weighted by atomic mass is 9.99. The standard InChI is InChI=1S/C18H21FN2/c1-13(14-7-9-17(19)10-8-14)21-12-16-5-2-4-15-6-3-11-20-18(15)16/h2,4-5,7-10,13,20-21H,3,6,11-12H2,1H3. The van der Waals surface area contributed by atoms with E-state index in [0.717, 1.165) is 25.1 Å². The highest BCUT2D eigenvalue weighted by molar-refractivity contribution is 5.59. The van der Waals surface area contributed by atoms with Crippen LogP contribution in [0, 0.1) is 5.82 Å². The molecule has 2 N–H and O–H groups in total. The van der Waals surface area contributed by atoms with Crippen LogP contribution in [0.5, 0.6) is 0 Å². The first-order valence-corrected chi connectivity index (χ1v) is 7.57. The molecule has 1 aliphatic heterocycles. The molecule has 2 aromatic rings. The monoisotopic (exact) mass is 284 g/mol. The van der Waals surface area contributed by atoms with E-state index in [1.54, 1.807) is 0 Å². The molecule has 0 radical (unpaired) electrons. The van der Waals surface area contributed by atoms with Crippen LogP contribution in [0.1, 0.15) is 36.1 Å². The summed E-state index contributed by atoms with van der Waals surface area (Å²) in [5.74, 6) is -0.188. The summed E-state index contributed by atoms with van der Waals surface area (Å²) < 4.78 is 13.0. The number of aryl methyl sites for hydroxylation is 1. The van der Waals surface area contributed by atoms with Crippen LogP contribution < -0.4 is 10.6 Å². The van der Waals surface area contributed by atoms with Crippen molar-refractivity contribution in [3.05, 3.63) is 65.0 Å². The fraction of sp³-hybridized carbons (Fsp3) is 0.333. The van der Waals surface area contributed by atoms with E-state index in [2.05, 4.69) is 35.8 Å². The van der Waals surface area contributed by atoms with Gasteiger partial charge in [-0.1, -0.05) is 30.3 Å². The van der Waals surface area contributed by atoms with E-state index < -0.39 is 0 Å². The van der Waals surface area contributed by atoms with E-state index in [9.17, 15) is 4.39 Å². The Balaban J connectivity index is 1.69. The fourth-order valence-corrected chi connectivity index (χ4v) is 2.86. The topological polar surface area (TPSA) is 24.1 Å². The molecule has 3 heteroatoms. The van der Waals surface area contributed by atoms with Crippen molar-refractivity contribution in [1.29, 1.82) is 0 Å². The Morgan fingerprint density at radius 1 is 1.19 bits per heavy atom. The van der Waals surface area contributed by atoms with Crippen LogP contribution in [0.4, 0.5) is 10.1 Å². The number of rotatable bonds is 4. The van der Waals surface area contributed by atoms with Crippen molar-refractivity contribution in [2.75, 3.05) is 11.9 Å². The molecular weight excluding hydrogens is 263 g/mol. The minimum absolute atomic E-state index is 0.188. The normalized spacial score (nSPS) is 15.1. The number of para-hydroxylation sites is 1. The van der Waals surface area contributed by atoms with Crippen molar-refractivity contribution >= 4 is 5.69 Å². The summed E-state index contributed by atoms with van der Waals surface area (Å²) in [5.41, 5.74) is 5.12. The molecular formula is C18H21FN2. The number of fused-ring (bicyclic) bond motifs is 1. The number of halogens is 1. The molecule has 0 aromatic heterocycles. The molecule has 0 spiro atoms. The van der Waals surface area contributed by atoms with E-state index in [1.165, 1.54) is 35.4 Å². The van der Waals surface area contributed by atoms with Crippen molar-refractivity contribution < 1.29 is 4.39 Å². The third-order valence-corrected chi connectivity index (χ3v) is 4.13. The quantitative estimate of drug-likeness (QED) is 0.885. The molecule has 0 bridgehead atoms. The lowest BCUT2D eigenvalue weighted by molar-refractivity contribution is 0.571. The van der Waals surface area contributed by atoms with Gasteiger partial charge in [0.15, 0.2) is 0 Å². The van der Waals surface area contributed by atoms with E-state index in [-0.39, 0.29) is 11.9 Å². The van der Waals surface area contributed by atoms with Gasteiger partial charge in [0.05, 0.1) is 0 Å². The molecule has 110 valence electrons. The zero-order valence-electron chi connectivity index (χ0n) is 12.3. The molecule has 0 amide bonds. The predicted octanol–water partition coefficient (Wildman–Crippen LogP) is 4.03. The molecule has 1 unspecified atom stereocenters. The predicted molar refractivity (Wildman–Crippen MR) is 84.9 cm³/mol. The zero-order chi connectivity index (χ0) is 14.7. The Hall–Kier alpha value is -1.87. The summed E-state index contributed by atoms with van der Waals surface area (Å²) >= 11 is 0. The average molecular weight is 284 g/mol. The van der Waals surface area contributed by atoms with Crippen molar-refractivity contribution in [2.45, 2.75) is 32.4 Å². The average Bonchev–Trinajstić information content (AvgIpc) is 2.53. The maximum absolute atomic E-state index is 13.0. The third kappa shape index (κ3) is 3.24. The Labute approximate surface area is 125 Å². The number of benzene rings is 2. The second-order valence-corrected chi connectivity index (χ2v) is 5.64. The molecule has 0 saturated carbocycles. The largest absolute Gasteiger partial charge is 0.385 e. The van der Waals surface area contributed by atoms with Gasteiger partial charge in [-0.15, -0.1) is 0 Å². The van der Waals surface area contributed by atoms with Crippen molar-refractivity contribution in [2.24, 2.45) is 0 Å². The lowest BCUT2D eigenvalue weighted by Crippen LogP contribution is -2.21. The first kappa shape index (κ1) is 14.1. The Bertz CT molecular complexity index is 607. The van der Waals surface area contributed by atoms with Crippen LogP contribution in [-0.2, 0) is 13.0 Å². The van der Waals surface area contributed by atoms with E-state index >= 15 is 0 Å². The van der Waals surface area contributed by atoms with E-state index in [4.69, 9.17) is 0 Å². The van der Waals surface area contributed by atoms with Crippen LogP contribution in [0.3, 0.4) is 0 Å². The van der Waals surface area contributed by atoms with Crippen molar-refractivity contribution in [3.8, 4) is 0 Å². The van der Waals surface area contributed by atoms with Gasteiger partial charge in [0.25, 0.3) is 0 Å². The van der Waals surface area contributed by atoms with Gasteiger partial charge in [-0.3, -0.25) is 0 Å². The molecule has 0 aliphatic carbocycles. The Morgan fingerprint density at radius 2 is 2.00 bits per heavy atom. The first-order chi connectivity index (χ1) is 10.2. The molecule has 0 fully saturated rings. The smallest absolute Gasteiger partial charge is 0.123 e. The maximum Gasteiger partial charge on any atom is 0.123 e. The summed E-state index contributed by atoms with van der Waals surface area (Å²) in [5, 5.41) is 7.03. The zero-order valence-corrected chi connectivity index (χ0v) is 12.3. The minimum atomic E-state index is -0.188. The SMILES string of the molecule is CC(NCc1cccc2c1NCCC2)c1ccc(F)cc1. The number of nitrogens with one attached hydrogen (secondary N) is 2. The van der Waals surface area contributed by atoms with Crippen molar-refractivity contribution in [1.82, 2.24) is 5.32 Å². The van der Waals surface area contributed by atoms with Gasteiger partial charge in [-0.05, 0) is 48.6 Å². The van der Waals surface area contributed by atoms with E-state index in [0.29, 0.717) is 0 Å². The molecule has 1 aliphatic rings. The molecule has 1 atom stereocenters.